The highest BCUT2D eigenvalue weighted by atomic mass is 32.2. The van der Waals surface area contributed by atoms with E-state index < -0.39 is 0 Å². The molecule has 0 heterocycles. The van der Waals surface area contributed by atoms with Gasteiger partial charge in [-0.15, -0.1) is 11.8 Å². The smallest absolute Gasteiger partial charge is 0.118 e. The summed E-state index contributed by atoms with van der Waals surface area (Å²) in [6, 6.07) is 7.92. The molecule has 0 amide bonds. The van der Waals surface area contributed by atoms with Gasteiger partial charge in [0.15, 0.2) is 0 Å². The molecular formula is C13H21NO2S. The summed E-state index contributed by atoms with van der Waals surface area (Å²) in [7, 11) is 1.65. The summed E-state index contributed by atoms with van der Waals surface area (Å²) in [4.78, 5) is 0. The molecule has 0 spiro atoms. The number of thioether (sulfide) groups is 1. The molecule has 1 aromatic carbocycles. The topological polar surface area (TPSA) is 55.5 Å². The Kier molecular flexibility index (Phi) is 5.82. The molecule has 1 aromatic rings. The second-order valence-corrected chi connectivity index (χ2v) is 5.66. The van der Waals surface area contributed by atoms with Crippen molar-refractivity contribution in [2.75, 3.05) is 13.7 Å². The predicted octanol–water partition coefficient (Wildman–Crippen LogP) is 2.20. The molecule has 0 radical (unpaired) electrons. The Morgan fingerprint density at radius 1 is 1.29 bits per heavy atom. The summed E-state index contributed by atoms with van der Waals surface area (Å²) in [5, 5.41) is 9.90. The molecule has 4 heteroatoms. The average molecular weight is 255 g/mol. The molecule has 3 atom stereocenters. The summed E-state index contributed by atoms with van der Waals surface area (Å²) in [5.74, 6) is 0.845. The second-order valence-electron chi connectivity index (χ2n) is 4.08. The number of aliphatic hydroxyl groups excluding tert-OH is 1. The molecule has 3 N–H and O–H groups in total. The molecule has 0 saturated heterocycles. The van der Waals surface area contributed by atoms with Crippen LogP contribution in [-0.2, 0) is 0 Å². The highest BCUT2D eigenvalue weighted by Gasteiger charge is 2.17. The summed E-state index contributed by atoms with van der Waals surface area (Å²) in [6.07, 6.45) is -0.327. The van der Waals surface area contributed by atoms with Gasteiger partial charge in [-0.05, 0) is 24.6 Å². The van der Waals surface area contributed by atoms with Crippen LogP contribution in [0.5, 0.6) is 5.75 Å². The molecule has 3 nitrogen and oxygen atoms in total. The molecule has 0 aromatic heterocycles. The predicted molar refractivity (Wildman–Crippen MR) is 73.5 cm³/mol. The van der Waals surface area contributed by atoms with E-state index in [1.165, 1.54) is 5.56 Å². The van der Waals surface area contributed by atoms with E-state index in [2.05, 4.69) is 0 Å². The summed E-state index contributed by atoms with van der Waals surface area (Å²) in [5.41, 5.74) is 6.96. The van der Waals surface area contributed by atoms with Gasteiger partial charge in [-0.3, -0.25) is 0 Å². The first-order valence-electron chi connectivity index (χ1n) is 5.76. The van der Waals surface area contributed by atoms with Crippen molar-refractivity contribution >= 4 is 11.8 Å². The van der Waals surface area contributed by atoms with E-state index >= 15 is 0 Å². The molecule has 0 aliphatic rings. The maximum Gasteiger partial charge on any atom is 0.118 e. The molecule has 0 saturated carbocycles. The van der Waals surface area contributed by atoms with E-state index in [0.717, 1.165) is 5.75 Å². The van der Waals surface area contributed by atoms with Gasteiger partial charge in [-0.25, -0.2) is 0 Å². The standard InChI is InChI=1S/C13H21NO2S/c1-9(15)10(2)17-13(8-14)11-4-6-12(16-3)7-5-11/h4-7,9-10,13,15H,8,14H2,1-3H3. The van der Waals surface area contributed by atoms with Crippen LogP contribution < -0.4 is 10.5 Å². The van der Waals surface area contributed by atoms with Crippen molar-refractivity contribution in [3.05, 3.63) is 29.8 Å². The monoisotopic (exact) mass is 255 g/mol. The van der Waals surface area contributed by atoms with Crippen LogP contribution in [0.1, 0.15) is 24.7 Å². The van der Waals surface area contributed by atoms with Gasteiger partial charge >= 0.3 is 0 Å². The Labute approximate surface area is 107 Å². The van der Waals surface area contributed by atoms with Crippen molar-refractivity contribution < 1.29 is 9.84 Å². The van der Waals surface area contributed by atoms with Crippen LogP contribution in [0, 0.1) is 0 Å². The first-order chi connectivity index (χ1) is 8.08. The number of hydrogen-bond donors (Lipinski definition) is 2. The summed E-state index contributed by atoms with van der Waals surface area (Å²) >= 11 is 1.70. The average Bonchev–Trinajstić information content (AvgIpc) is 2.35. The fraction of sp³-hybridized carbons (Fsp3) is 0.538. The highest BCUT2D eigenvalue weighted by molar-refractivity contribution is 8.00. The Bertz CT molecular complexity index is 327. The third-order valence-corrected chi connectivity index (χ3v) is 4.38. The van der Waals surface area contributed by atoms with Crippen LogP contribution in [0.3, 0.4) is 0 Å². The lowest BCUT2D eigenvalue weighted by molar-refractivity contribution is 0.196. The number of methoxy groups -OCH3 is 1. The Morgan fingerprint density at radius 3 is 2.29 bits per heavy atom. The van der Waals surface area contributed by atoms with Gasteiger partial charge < -0.3 is 15.6 Å². The van der Waals surface area contributed by atoms with E-state index in [1.54, 1.807) is 25.8 Å². The number of ether oxygens (including phenoxy) is 1. The van der Waals surface area contributed by atoms with Crippen molar-refractivity contribution in [1.29, 1.82) is 0 Å². The van der Waals surface area contributed by atoms with Crippen molar-refractivity contribution in [2.45, 2.75) is 30.5 Å². The van der Waals surface area contributed by atoms with Gasteiger partial charge in [0.1, 0.15) is 5.75 Å². The molecule has 96 valence electrons. The van der Waals surface area contributed by atoms with Crippen LogP contribution in [-0.4, -0.2) is 30.1 Å². The quantitative estimate of drug-likeness (QED) is 0.818. The van der Waals surface area contributed by atoms with Crippen molar-refractivity contribution in [3.8, 4) is 5.75 Å². The fourth-order valence-electron chi connectivity index (χ4n) is 1.46. The van der Waals surface area contributed by atoms with Crippen LogP contribution in [0.4, 0.5) is 0 Å². The Morgan fingerprint density at radius 2 is 1.88 bits per heavy atom. The maximum atomic E-state index is 9.51. The van der Waals surface area contributed by atoms with Gasteiger partial charge in [0.2, 0.25) is 0 Å². The van der Waals surface area contributed by atoms with Gasteiger partial charge in [-0.1, -0.05) is 19.1 Å². The highest BCUT2D eigenvalue weighted by Crippen LogP contribution is 2.33. The van der Waals surface area contributed by atoms with Crippen molar-refractivity contribution in [2.24, 2.45) is 5.73 Å². The zero-order chi connectivity index (χ0) is 12.8. The molecule has 3 unspecified atom stereocenters. The van der Waals surface area contributed by atoms with Gasteiger partial charge in [0, 0.05) is 17.0 Å². The van der Waals surface area contributed by atoms with E-state index in [1.807, 2.05) is 31.2 Å². The Balaban J connectivity index is 2.72. The number of nitrogens with two attached hydrogens (primary N) is 1. The maximum absolute atomic E-state index is 9.51. The van der Waals surface area contributed by atoms with Crippen LogP contribution in [0.15, 0.2) is 24.3 Å². The van der Waals surface area contributed by atoms with Gasteiger partial charge in [0.25, 0.3) is 0 Å². The second kappa shape index (κ2) is 6.89. The molecule has 0 aliphatic heterocycles. The summed E-state index contributed by atoms with van der Waals surface area (Å²) in [6.45, 7) is 4.38. The minimum Gasteiger partial charge on any atom is -0.497 e. The van der Waals surface area contributed by atoms with E-state index in [9.17, 15) is 5.11 Å². The SMILES string of the molecule is COc1ccc(C(CN)SC(C)C(C)O)cc1. The number of aliphatic hydroxyl groups is 1. The zero-order valence-electron chi connectivity index (χ0n) is 10.6. The van der Waals surface area contributed by atoms with Crippen molar-refractivity contribution in [1.82, 2.24) is 0 Å². The van der Waals surface area contributed by atoms with Crippen LogP contribution in [0.25, 0.3) is 0 Å². The molecule has 0 aliphatic carbocycles. The van der Waals surface area contributed by atoms with E-state index in [4.69, 9.17) is 10.5 Å². The van der Waals surface area contributed by atoms with E-state index in [-0.39, 0.29) is 16.6 Å². The van der Waals surface area contributed by atoms with Gasteiger partial charge in [-0.2, -0.15) is 0 Å². The van der Waals surface area contributed by atoms with Gasteiger partial charge in [0.05, 0.1) is 13.2 Å². The van der Waals surface area contributed by atoms with E-state index in [0.29, 0.717) is 6.54 Å². The molecule has 17 heavy (non-hydrogen) atoms. The minimum atomic E-state index is -0.327. The fourth-order valence-corrected chi connectivity index (χ4v) is 2.63. The number of hydrogen-bond acceptors (Lipinski definition) is 4. The lowest BCUT2D eigenvalue weighted by atomic mass is 10.1. The first-order valence-corrected chi connectivity index (χ1v) is 6.70. The molecule has 0 bridgehead atoms. The molecular weight excluding hydrogens is 234 g/mol. The first kappa shape index (κ1) is 14.4. The van der Waals surface area contributed by atoms with Crippen LogP contribution >= 0.6 is 11.8 Å². The lowest BCUT2D eigenvalue weighted by Crippen LogP contribution is -2.20. The molecule has 1 rings (SSSR count). The number of rotatable bonds is 6. The van der Waals surface area contributed by atoms with Crippen LogP contribution in [0.2, 0.25) is 0 Å². The largest absolute Gasteiger partial charge is 0.497 e. The van der Waals surface area contributed by atoms with Crippen molar-refractivity contribution in [3.63, 3.8) is 0 Å². The third kappa shape index (κ3) is 4.22. The minimum absolute atomic E-state index is 0.172. The number of benzene rings is 1. The third-order valence-electron chi connectivity index (χ3n) is 2.76. The summed E-state index contributed by atoms with van der Waals surface area (Å²) < 4.78 is 5.12. The Hall–Kier alpha value is -0.710. The lowest BCUT2D eigenvalue weighted by Gasteiger charge is -2.21. The zero-order valence-corrected chi connectivity index (χ0v) is 11.4. The molecule has 0 fully saturated rings. The normalized spacial score (nSPS) is 16.3.